The molecule has 1 fully saturated rings. The van der Waals surface area contributed by atoms with Crippen molar-refractivity contribution in [2.24, 2.45) is 0 Å². The number of rotatable bonds is 6. The summed E-state index contributed by atoms with van der Waals surface area (Å²) in [5.74, 6) is 0.932. The molecule has 0 saturated carbocycles. The van der Waals surface area contributed by atoms with Crippen LogP contribution in [0.2, 0.25) is 0 Å². The molecule has 1 heterocycles. The van der Waals surface area contributed by atoms with Crippen LogP contribution in [0, 0.1) is 5.82 Å². The third kappa shape index (κ3) is 4.44. The first-order chi connectivity index (χ1) is 13.4. The maximum absolute atomic E-state index is 13.7. The molecule has 2 aromatic rings. The maximum atomic E-state index is 13.7. The van der Waals surface area contributed by atoms with Crippen molar-refractivity contribution in [2.45, 2.75) is 31.3 Å². The zero-order valence-electron chi connectivity index (χ0n) is 16.3. The van der Waals surface area contributed by atoms with Crippen molar-refractivity contribution >= 4 is 5.91 Å². The lowest BCUT2D eigenvalue weighted by molar-refractivity contribution is -0.135. The van der Waals surface area contributed by atoms with Gasteiger partial charge in [0.05, 0.1) is 19.8 Å². The summed E-state index contributed by atoms with van der Waals surface area (Å²) in [7, 11) is 3.14. The van der Waals surface area contributed by atoms with E-state index in [9.17, 15) is 14.3 Å². The van der Waals surface area contributed by atoms with Gasteiger partial charge in [0.25, 0.3) is 0 Å². The smallest absolute Gasteiger partial charge is 0.222 e. The van der Waals surface area contributed by atoms with Crippen molar-refractivity contribution in [1.29, 1.82) is 0 Å². The van der Waals surface area contributed by atoms with Crippen LogP contribution in [0.25, 0.3) is 0 Å². The lowest BCUT2D eigenvalue weighted by atomic mass is 9.84. The van der Waals surface area contributed by atoms with Crippen LogP contribution >= 0.6 is 0 Å². The van der Waals surface area contributed by atoms with E-state index in [1.807, 2.05) is 0 Å². The first-order valence-electron chi connectivity index (χ1n) is 9.42. The number of likely N-dealkylation sites (tertiary alicyclic amines) is 1. The molecule has 1 N–H and O–H groups in total. The van der Waals surface area contributed by atoms with Crippen molar-refractivity contribution in [3.63, 3.8) is 0 Å². The lowest BCUT2D eigenvalue weighted by Gasteiger charge is -2.38. The largest absolute Gasteiger partial charge is 0.497 e. The molecule has 0 bridgehead atoms. The van der Waals surface area contributed by atoms with Gasteiger partial charge in [0, 0.05) is 25.6 Å². The number of piperidine rings is 1. The fraction of sp³-hybridized carbons (Fsp3) is 0.409. The lowest BCUT2D eigenvalue weighted by Crippen LogP contribution is -2.45. The van der Waals surface area contributed by atoms with Gasteiger partial charge in [-0.1, -0.05) is 18.2 Å². The Hall–Kier alpha value is -2.60. The molecule has 0 radical (unpaired) electrons. The maximum Gasteiger partial charge on any atom is 0.222 e. The number of hydrogen-bond acceptors (Lipinski definition) is 4. The summed E-state index contributed by atoms with van der Waals surface area (Å²) < 4.78 is 24.3. The molecular formula is C22H26FNO4. The van der Waals surface area contributed by atoms with Crippen molar-refractivity contribution in [3.8, 4) is 11.5 Å². The number of benzene rings is 2. The molecule has 0 aliphatic carbocycles. The van der Waals surface area contributed by atoms with Gasteiger partial charge in [-0.15, -0.1) is 0 Å². The molecule has 2 aromatic carbocycles. The van der Waals surface area contributed by atoms with Crippen molar-refractivity contribution in [3.05, 3.63) is 59.4 Å². The van der Waals surface area contributed by atoms with Crippen LogP contribution in [0.3, 0.4) is 0 Å². The van der Waals surface area contributed by atoms with E-state index >= 15 is 0 Å². The standard InChI is InChI=1S/C22H26FNO4/c1-27-18-13-17(14-19(15-18)28-2)22(26)9-11-24(12-10-22)21(25)8-7-16-5-3-4-6-20(16)23/h3-6,13-15,26H,7-12H2,1-2H3. The number of ether oxygens (including phenoxy) is 2. The number of halogens is 1. The van der Waals surface area contributed by atoms with E-state index < -0.39 is 5.60 Å². The molecule has 6 heteroatoms. The minimum atomic E-state index is -1.04. The van der Waals surface area contributed by atoms with Gasteiger partial charge in [-0.2, -0.15) is 0 Å². The first kappa shape index (κ1) is 20.1. The molecule has 1 aliphatic rings. The van der Waals surface area contributed by atoms with E-state index in [-0.39, 0.29) is 18.1 Å². The number of aliphatic hydroxyl groups is 1. The summed E-state index contributed by atoms with van der Waals surface area (Å²) in [5.41, 5.74) is 0.236. The molecule has 1 amide bonds. The molecule has 0 spiro atoms. The van der Waals surface area contributed by atoms with Crippen LogP contribution in [0.15, 0.2) is 42.5 Å². The number of hydrogen-bond donors (Lipinski definition) is 1. The number of amides is 1. The molecular weight excluding hydrogens is 361 g/mol. The van der Waals surface area contributed by atoms with E-state index in [1.54, 1.807) is 55.5 Å². The second kappa shape index (κ2) is 8.61. The molecule has 5 nitrogen and oxygen atoms in total. The van der Waals surface area contributed by atoms with Crippen LogP contribution in [-0.4, -0.2) is 43.2 Å². The fourth-order valence-electron chi connectivity index (χ4n) is 3.59. The van der Waals surface area contributed by atoms with Crippen molar-refractivity contribution in [2.75, 3.05) is 27.3 Å². The Kier molecular flexibility index (Phi) is 6.19. The number of carbonyl (C=O) groups is 1. The highest BCUT2D eigenvalue weighted by Gasteiger charge is 2.36. The molecule has 1 aliphatic heterocycles. The van der Waals surface area contributed by atoms with Crippen LogP contribution in [0.4, 0.5) is 4.39 Å². The second-order valence-electron chi connectivity index (χ2n) is 7.11. The normalized spacial score (nSPS) is 15.9. The van der Waals surface area contributed by atoms with Gasteiger partial charge in [0.1, 0.15) is 17.3 Å². The fourth-order valence-corrected chi connectivity index (χ4v) is 3.59. The topological polar surface area (TPSA) is 59.0 Å². The zero-order valence-corrected chi connectivity index (χ0v) is 16.3. The van der Waals surface area contributed by atoms with Gasteiger partial charge in [0.2, 0.25) is 5.91 Å². The van der Waals surface area contributed by atoms with E-state index in [1.165, 1.54) is 6.07 Å². The Morgan fingerprint density at radius 2 is 1.71 bits per heavy atom. The summed E-state index contributed by atoms with van der Waals surface area (Å²) in [6.07, 6.45) is 1.48. The molecule has 0 atom stereocenters. The van der Waals surface area contributed by atoms with Crippen molar-refractivity contribution in [1.82, 2.24) is 4.90 Å². The van der Waals surface area contributed by atoms with Crippen molar-refractivity contribution < 1.29 is 23.8 Å². The highest BCUT2D eigenvalue weighted by Crippen LogP contribution is 2.37. The average Bonchev–Trinajstić information content (AvgIpc) is 2.73. The van der Waals surface area contributed by atoms with Crippen LogP contribution in [0.5, 0.6) is 11.5 Å². The van der Waals surface area contributed by atoms with Gasteiger partial charge in [0.15, 0.2) is 0 Å². The van der Waals surface area contributed by atoms with Gasteiger partial charge in [-0.25, -0.2) is 4.39 Å². The van der Waals surface area contributed by atoms with E-state index in [0.29, 0.717) is 49.4 Å². The van der Waals surface area contributed by atoms with Crippen LogP contribution in [0.1, 0.15) is 30.4 Å². The second-order valence-corrected chi connectivity index (χ2v) is 7.11. The summed E-state index contributed by atoms with van der Waals surface area (Å²) in [6.45, 7) is 0.901. The molecule has 0 unspecified atom stereocenters. The quantitative estimate of drug-likeness (QED) is 0.826. The summed E-state index contributed by atoms with van der Waals surface area (Å²) in [4.78, 5) is 14.3. The van der Waals surface area contributed by atoms with E-state index in [4.69, 9.17) is 9.47 Å². The molecule has 28 heavy (non-hydrogen) atoms. The van der Waals surface area contributed by atoms with Gasteiger partial charge in [-0.3, -0.25) is 4.79 Å². The molecule has 3 rings (SSSR count). The van der Waals surface area contributed by atoms with Gasteiger partial charge >= 0.3 is 0 Å². The summed E-state index contributed by atoms with van der Waals surface area (Å²) in [5, 5.41) is 11.1. The monoisotopic (exact) mass is 387 g/mol. The predicted octanol–water partition coefficient (Wildman–Crippen LogP) is 3.29. The third-order valence-electron chi connectivity index (χ3n) is 5.40. The Labute approximate surface area is 164 Å². The number of methoxy groups -OCH3 is 2. The first-order valence-corrected chi connectivity index (χ1v) is 9.42. The Bertz CT molecular complexity index is 809. The Balaban J connectivity index is 1.62. The minimum Gasteiger partial charge on any atom is -0.497 e. The van der Waals surface area contributed by atoms with Gasteiger partial charge in [-0.05, 0) is 48.6 Å². The number of nitrogens with zero attached hydrogens (tertiary/aromatic N) is 1. The van der Waals surface area contributed by atoms with E-state index in [0.717, 1.165) is 5.56 Å². The third-order valence-corrected chi connectivity index (χ3v) is 5.40. The highest BCUT2D eigenvalue weighted by molar-refractivity contribution is 5.76. The molecule has 0 aromatic heterocycles. The Morgan fingerprint density at radius 3 is 2.29 bits per heavy atom. The number of aryl methyl sites for hydroxylation is 1. The van der Waals surface area contributed by atoms with Crippen LogP contribution in [-0.2, 0) is 16.8 Å². The minimum absolute atomic E-state index is 0.0199. The highest BCUT2D eigenvalue weighted by atomic mass is 19.1. The summed E-state index contributed by atoms with van der Waals surface area (Å²) >= 11 is 0. The summed E-state index contributed by atoms with van der Waals surface area (Å²) in [6, 6.07) is 11.9. The van der Waals surface area contributed by atoms with Crippen LogP contribution < -0.4 is 9.47 Å². The number of carbonyl (C=O) groups excluding carboxylic acids is 1. The molecule has 1 saturated heterocycles. The SMILES string of the molecule is COc1cc(OC)cc(C2(O)CCN(C(=O)CCc3ccccc3F)CC2)c1. The molecule has 150 valence electrons. The van der Waals surface area contributed by atoms with E-state index in [2.05, 4.69) is 0 Å². The zero-order chi connectivity index (χ0) is 20.1. The predicted molar refractivity (Wildman–Crippen MR) is 104 cm³/mol. The average molecular weight is 387 g/mol. The Morgan fingerprint density at radius 1 is 1.11 bits per heavy atom. The van der Waals surface area contributed by atoms with Gasteiger partial charge < -0.3 is 19.5 Å².